The van der Waals surface area contributed by atoms with Crippen molar-refractivity contribution in [3.63, 3.8) is 0 Å². The predicted molar refractivity (Wildman–Crippen MR) is 92.6 cm³/mol. The first kappa shape index (κ1) is 18.6. The Morgan fingerprint density at radius 3 is 2.00 bits per heavy atom. The molecular weight excluding hydrogens is 322 g/mol. The maximum absolute atomic E-state index is 12.3. The molecule has 0 radical (unpaired) electrons. The molecule has 2 aromatic rings. The van der Waals surface area contributed by atoms with Crippen molar-refractivity contribution in [2.75, 3.05) is 0 Å². The van der Waals surface area contributed by atoms with Gasteiger partial charge in [-0.05, 0) is 35.7 Å². The third-order valence-electron chi connectivity index (χ3n) is 3.82. The third-order valence-corrected chi connectivity index (χ3v) is 3.82. The molecular formula is C18H21N3O4. The van der Waals surface area contributed by atoms with Gasteiger partial charge >= 0.3 is 0 Å². The van der Waals surface area contributed by atoms with Gasteiger partial charge in [0.2, 0.25) is 0 Å². The van der Waals surface area contributed by atoms with Gasteiger partial charge in [0.15, 0.2) is 0 Å². The molecule has 0 saturated carbocycles. The Morgan fingerprint density at radius 2 is 1.56 bits per heavy atom. The van der Waals surface area contributed by atoms with Crippen LogP contribution in [0.15, 0.2) is 48.5 Å². The second-order valence-electron chi connectivity index (χ2n) is 5.72. The average molecular weight is 343 g/mol. The lowest BCUT2D eigenvalue weighted by Crippen LogP contribution is -2.54. The zero-order valence-corrected chi connectivity index (χ0v) is 13.8. The predicted octanol–water partition coefficient (Wildman–Crippen LogP) is 0.797. The Kier molecular flexibility index (Phi) is 6.24. The van der Waals surface area contributed by atoms with E-state index in [-0.39, 0.29) is 6.61 Å². The van der Waals surface area contributed by atoms with Gasteiger partial charge < -0.3 is 16.2 Å². The van der Waals surface area contributed by atoms with E-state index in [0.717, 1.165) is 16.7 Å². The van der Waals surface area contributed by atoms with Crippen LogP contribution in [-0.4, -0.2) is 34.2 Å². The second kappa shape index (κ2) is 8.39. The van der Waals surface area contributed by atoms with Gasteiger partial charge in [0.05, 0.1) is 6.61 Å². The molecule has 0 aliphatic rings. The summed E-state index contributed by atoms with van der Waals surface area (Å²) >= 11 is 0. The number of amides is 2. The number of hydroxylamine groups is 1. The Balaban J connectivity index is 2.12. The van der Waals surface area contributed by atoms with Crippen molar-refractivity contribution in [3.8, 4) is 11.1 Å². The van der Waals surface area contributed by atoms with E-state index >= 15 is 0 Å². The molecule has 2 amide bonds. The van der Waals surface area contributed by atoms with E-state index in [9.17, 15) is 9.59 Å². The van der Waals surface area contributed by atoms with Crippen molar-refractivity contribution in [2.24, 2.45) is 5.73 Å². The second-order valence-corrected chi connectivity index (χ2v) is 5.72. The normalized spacial score (nSPS) is 13.0. The lowest BCUT2D eigenvalue weighted by molar-refractivity contribution is -0.131. The van der Waals surface area contributed by atoms with Crippen molar-refractivity contribution in [3.05, 3.63) is 59.7 Å². The molecule has 7 heteroatoms. The Bertz CT molecular complexity index is 727. The van der Waals surface area contributed by atoms with Crippen LogP contribution in [0.2, 0.25) is 0 Å². The Labute approximate surface area is 145 Å². The fraction of sp³-hybridized carbons (Fsp3) is 0.222. The van der Waals surface area contributed by atoms with Gasteiger partial charge in [0.1, 0.15) is 6.04 Å². The summed E-state index contributed by atoms with van der Waals surface area (Å²) in [6.45, 7) is 1.54. The molecule has 25 heavy (non-hydrogen) atoms. The summed E-state index contributed by atoms with van der Waals surface area (Å²) in [5.41, 5.74) is 10.2. The van der Waals surface area contributed by atoms with Gasteiger partial charge in [0.25, 0.3) is 11.8 Å². The molecule has 0 aliphatic carbocycles. The zero-order chi connectivity index (χ0) is 18.4. The van der Waals surface area contributed by atoms with Crippen molar-refractivity contribution >= 4 is 11.8 Å². The van der Waals surface area contributed by atoms with Gasteiger partial charge in [-0.2, -0.15) is 0 Å². The standard InChI is InChI=1S/C18H21N3O4/c1-11(19)16(18(24)21-25)20-17(23)15-8-6-14(7-9-15)13-4-2-12(10-22)3-5-13/h2-9,11,16,22,25H,10,19H2,1H3,(H,20,23)(H,21,24)/t11-,16-/m0/s1. The zero-order valence-electron chi connectivity index (χ0n) is 13.8. The van der Waals surface area contributed by atoms with Crippen molar-refractivity contribution in [2.45, 2.75) is 25.6 Å². The van der Waals surface area contributed by atoms with Gasteiger partial charge in [-0.1, -0.05) is 36.4 Å². The molecule has 0 saturated heterocycles. The first-order valence-electron chi connectivity index (χ1n) is 7.77. The maximum atomic E-state index is 12.3. The number of nitrogens with one attached hydrogen (secondary N) is 2. The van der Waals surface area contributed by atoms with Gasteiger partial charge in [0, 0.05) is 11.6 Å². The molecule has 2 aromatic carbocycles. The van der Waals surface area contributed by atoms with Crippen LogP contribution >= 0.6 is 0 Å². The minimum atomic E-state index is -1.04. The quantitative estimate of drug-likeness (QED) is 0.392. The SMILES string of the molecule is C[C@H](N)[C@H](NC(=O)c1ccc(-c2ccc(CO)cc2)cc1)C(=O)NO. The summed E-state index contributed by atoms with van der Waals surface area (Å²) in [6.07, 6.45) is 0. The molecule has 0 spiro atoms. The van der Waals surface area contributed by atoms with E-state index in [2.05, 4.69) is 5.32 Å². The largest absolute Gasteiger partial charge is 0.392 e. The number of aliphatic hydroxyl groups excluding tert-OH is 1. The topological polar surface area (TPSA) is 125 Å². The highest BCUT2D eigenvalue weighted by Crippen LogP contribution is 2.20. The fourth-order valence-electron chi connectivity index (χ4n) is 2.35. The molecule has 132 valence electrons. The van der Waals surface area contributed by atoms with E-state index in [1.54, 1.807) is 31.2 Å². The Hall–Kier alpha value is -2.74. The summed E-state index contributed by atoms with van der Waals surface area (Å²) in [7, 11) is 0. The van der Waals surface area contributed by atoms with Crippen LogP contribution in [0, 0.1) is 0 Å². The molecule has 0 unspecified atom stereocenters. The number of benzene rings is 2. The summed E-state index contributed by atoms with van der Waals surface area (Å²) in [5.74, 6) is -1.24. The summed E-state index contributed by atoms with van der Waals surface area (Å²) < 4.78 is 0. The van der Waals surface area contributed by atoms with Crippen LogP contribution in [0.25, 0.3) is 11.1 Å². The molecule has 2 atom stereocenters. The van der Waals surface area contributed by atoms with Crippen LogP contribution in [0.5, 0.6) is 0 Å². The number of hydrogen-bond donors (Lipinski definition) is 5. The number of hydrogen-bond acceptors (Lipinski definition) is 5. The van der Waals surface area contributed by atoms with Crippen LogP contribution < -0.4 is 16.5 Å². The minimum absolute atomic E-state index is 0.0124. The van der Waals surface area contributed by atoms with E-state index in [4.69, 9.17) is 16.0 Å². The maximum Gasteiger partial charge on any atom is 0.267 e. The van der Waals surface area contributed by atoms with Crippen LogP contribution in [0.3, 0.4) is 0 Å². The number of rotatable bonds is 6. The lowest BCUT2D eigenvalue weighted by Gasteiger charge is -2.20. The highest BCUT2D eigenvalue weighted by molar-refractivity contribution is 5.98. The van der Waals surface area contributed by atoms with Gasteiger partial charge in [-0.15, -0.1) is 0 Å². The minimum Gasteiger partial charge on any atom is -0.392 e. The highest BCUT2D eigenvalue weighted by atomic mass is 16.5. The molecule has 0 aliphatic heterocycles. The molecule has 0 fully saturated rings. The number of nitrogens with two attached hydrogens (primary N) is 1. The number of carbonyl (C=O) groups excluding carboxylic acids is 2. The van der Waals surface area contributed by atoms with Crippen LogP contribution in [-0.2, 0) is 11.4 Å². The lowest BCUT2D eigenvalue weighted by atomic mass is 10.0. The molecule has 0 heterocycles. The molecule has 0 bridgehead atoms. The molecule has 2 rings (SSSR count). The Morgan fingerprint density at radius 1 is 1.04 bits per heavy atom. The van der Waals surface area contributed by atoms with Crippen LogP contribution in [0.1, 0.15) is 22.8 Å². The molecule has 6 N–H and O–H groups in total. The van der Waals surface area contributed by atoms with Crippen molar-refractivity contribution in [1.29, 1.82) is 0 Å². The monoisotopic (exact) mass is 343 g/mol. The van der Waals surface area contributed by atoms with E-state index in [0.29, 0.717) is 5.56 Å². The third kappa shape index (κ3) is 4.63. The van der Waals surface area contributed by atoms with E-state index in [1.807, 2.05) is 24.3 Å². The number of carbonyl (C=O) groups is 2. The molecule has 7 nitrogen and oxygen atoms in total. The first-order chi connectivity index (χ1) is 12.0. The van der Waals surface area contributed by atoms with Crippen molar-refractivity contribution < 1.29 is 19.9 Å². The van der Waals surface area contributed by atoms with Crippen molar-refractivity contribution in [1.82, 2.24) is 10.8 Å². The first-order valence-corrected chi connectivity index (χ1v) is 7.77. The van der Waals surface area contributed by atoms with Gasteiger partial charge in [-0.3, -0.25) is 14.8 Å². The smallest absolute Gasteiger partial charge is 0.267 e. The van der Waals surface area contributed by atoms with Crippen LogP contribution in [0.4, 0.5) is 0 Å². The number of aliphatic hydroxyl groups is 1. The summed E-state index contributed by atoms with van der Waals surface area (Å²) in [4.78, 5) is 23.8. The summed E-state index contributed by atoms with van der Waals surface area (Å²) in [5, 5.41) is 20.3. The summed E-state index contributed by atoms with van der Waals surface area (Å²) in [6, 6.07) is 12.6. The van der Waals surface area contributed by atoms with Gasteiger partial charge in [-0.25, -0.2) is 5.48 Å². The van der Waals surface area contributed by atoms with E-state index in [1.165, 1.54) is 5.48 Å². The highest BCUT2D eigenvalue weighted by Gasteiger charge is 2.24. The van der Waals surface area contributed by atoms with E-state index < -0.39 is 23.9 Å². The fourth-order valence-corrected chi connectivity index (χ4v) is 2.35. The average Bonchev–Trinajstić information content (AvgIpc) is 2.65. The molecule has 0 aromatic heterocycles.